The molecule has 0 saturated carbocycles. The molecule has 0 heterocycles. The summed E-state index contributed by atoms with van der Waals surface area (Å²) in [5.41, 5.74) is 1.69. The van der Waals surface area contributed by atoms with Crippen LogP contribution >= 0.6 is 11.8 Å². The molecule has 1 N–H and O–H groups in total. The van der Waals surface area contributed by atoms with E-state index in [4.69, 9.17) is 0 Å². The highest BCUT2D eigenvalue weighted by molar-refractivity contribution is 8.00. The zero-order chi connectivity index (χ0) is 16.8. The van der Waals surface area contributed by atoms with Gasteiger partial charge in [-0.2, -0.15) is 0 Å². The molecule has 0 aliphatic rings. The van der Waals surface area contributed by atoms with E-state index in [1.54, 1.807) is 17.0 Å². The van der Waals surface area contributed by atoms with E-state index in [1.165, 1.54) is 11.8 Å². The SMILES string of the molecule is O=C(CSc1ccc(O)cc1)N(c1ccccc1)c1ccccc1. The van der Waals surface area contributed by atoms with E-state index in [9.17, 15) is 9.90 Å². The first-order chi connectivity index (χ1) is 11.7. The summed E-state index contributed by atoms with van der Waals surface area (Å²) in [5.74, 6) is 0.542. The molecule has 0 fully saturated rings. The summed E-state index contributed by atoms with van der Waals surface area (Å²) in [6.07, 6.45) is 0. The lowest BCUT2D eigenvalue weighted by atomic mass is 10.2. The van der Waals surface area contributed by atoms with Gasteiger partial charge in [-0.15, -0.1) is 11.8 Å². The van der Waals surface area contributed by atoms with Gasteiger partial charge in [-0.1, -0.05) is 36.4 Å². The number of rotatable bonds is 5. The Kier molecular flexibility index (Phi) is 5.18. The van der Waals surface area contributed by atoms with Crippen LogP contribution in [0.5, 0.6) is 5.75 Å². The van der Waals surface area contributed by atoms with Crippen LogP contribution < -0.4 is 4.90 Å². The molecule has 3 aromatic carbocycles. The highest BCUT2D eigenvalue weighted by Gasteiger charge is 2.17. The fourth-order valence-electron chi connectivity index (χ4n) is 2.34. The second-order valence-electron chi connectivity index (χ2n) is 5.18. The third-order valence-corrected chi connectivity index (χ3v) is 4.47. The van der Waals surface area contributed by atoms with Crippen molar-refractivity contribution in [1.29, 1.82) is 0 Å². The van der Waals surface area contributed by atoms with Crippen molar-refractivity contribution >= 4 is 29.0 Å². The van der Waals surface area contributed by atoms with E-state index in [0.717, 1.165) is 16.3 Å². The fourth-order valence-corrected chi connectivity index (χ4v) is 3.09. The maximum absolute atomic E-state index is 12.8. The highest BCUT2D eigenvalue weighted by atomic mass is 32.2. The maximum Gasteiger partial charge on any atom is 0.241 e. The van der Waals surface area contributed by atoms with Crippen LogP contribution in [0.1, 0.15) is 0 Å². The number of thioether (sulfide) groups is 1. The molecule has 0 aromatic heterocycles. The quantitative estimate of drug-likeness (QED) is 0.678. The minimum Gasteiger partial charge on any atom is -0.508 e. The summed E-state index contributed by atoms with van der Waals surface area (Å²) in [7, 11) is 0. The number of anilines is 2. The van der Waals surface area contributed by atoms with Crippen LogP contribution in [-0.4, -0.2) is 16.8 Å². The highest BCUT2D eigenvalue weighted by Crippen LogP contribution is 2.28. The lowest BCUT2D eigenvalue weighted by Crippen LogP contribution is -2.27. The van der Waals surface area contributed by atoms with Crippen molar-refractivity contribution in [3.63, 3.8) is 0 Å². The third-order valence-electron chi connectivity index (χ3n) is 3.48. The number of phenols is 1. The van der Waals surface area contributed by atoms with Crippen LogP contribution in [0.4, 0.5) is 11.4 Å². The first kappa shape index (κ1) is 16.1. The number of benzene rings is 3. The monoisotopic (exact) mass is 335 g/mol. The van der Waals surface area contributed by atoms with E-state index >= 15 is 0 Å². The lowest BCUT2D eigenvalue weighted by molar-refractivity contribution is -0.115. The predicted molar refractivity (Wildman–Crippen MR) is 98.9 cm³/mol. The van der Waals surface area contributed by atoms with Gasteiger partial charge in [-0.05, 0) is 48.5 Å². The van der Waals surface area contributed by atoms with E-state index in [0.29, 0.717) is 5.75 Å². The topological polar surface area (TPSA) is 40.5 Å². The molecule has 3 aromatic rings. The molecule has 0 spiro atoms. The molecule has 0 saturated heterocycles. The van der Waals surface area contributed by atoms with Crippen LogP contribution in [0.3, 0.4) is 0 Å². The smallest absolute Gasteiger partial charge is 0.241 e. The molecule has 0 radical (unpaired) electrons. The number of nitrogens with zero attached hydrogens (tertiary/aromatic N) is 1. The van der Waals surface area contributed by atoms with E-state index in [-0.39, 0.29) is 11.7 Å². The molecule has 1 amide bonds. The van der Waals surface area contributed by atoms with Crippen LogP contribution in [-0.2, 0) is 4.79 Å². The third kappa shape index (κ3) is 3.97. The molecule has 24 heavy (non-hydrogen) atoms. The van der Waals surface area contributed by atoms with E-state index in [2.05, 4.69) is 0 Å². The molecular weight excluding hydrogens is 318 g/mol. The Morgan fingerprint density at radius 1 is 0.792 bits per heavy atom. The average molecular weight is 335 g/mol. The predicted octanol–water partition coefficient (Wildman–Crippen LogP) is 4.85. The van der Waals surface area contributed by atoms with Gasteiger partial charge in [-0.3, -0.25) is 9.69 Å². The van der Waals surface area contributed by atoms with Gasteiger partial charge < -0.3 is 5.11 Å². The number of para-hydroxylation sites is 2. The Labute approximate surface area is 145 Å². The molecule has 0 unspecified atom stereocenters. The van der Waals surface area contributed by atoms with E-state index in [1.807, 2.05) is 72.8 Å². The molecule has 4 heteroatoms. The minimum atomic E-state index is 0.00507. The van der Waals surface area contributed by atoms with Gasteiger partial charge in [0.1, 0.15) is 5.75 Å². The molecule has 3 nitrogen and oxygen atoms in total. The van der Waals surface area contributed by atoms with E-state index < -0.39 is 0 Å². The van der Waals surface area contributed by atoms with Crippen molar-refractivity contribution < 1.29 is 9.90 Å². The van der Waals surface area contributed by atoms with Crippen molar-refractivity contribution in [2.24, 2.45) is 0 Å². The van der Waals surface area contributed by atoms with Crippen molar-refractivity contribution in [2.75, 3.05) is 10.7 Å². The first-order valence-corrected chi connectivity index (χ1v) is 8.57. The Morgan fingerprint density at radius 3 is 1.79 bits per heavy atom. The molecule has 3 rings (SSSR count). The molecule has 0 bridgehead atoms. The second-order valence-corrected chi connectivity index (χ2v) is 6.23. The minimum absolute atomic E-state index is 0.00507. The first-order valence-electron chi connectivity index (χ1n) is 7.59. The van der Waals surface area contributed by atoms with Crippen molar-refractivity contribution in [3.8, 4) is 5.75 Å². The van der Waals surface area contributed by atoms with Crippen LogP contribution in [0.25, 0.3) is 0 Å². The standard InChI is InChI=1S/C20H17NO2S/c22-18-11-13-19(14-12-18)24-15-20(23)21(16-7-3-1-4-8-16)17-9-5-2-6-10-17/h1-14,22H,15H2. The number of hydrogen-bond acceptors (Lipinski definition) is 3. The number of phenolic OH excluding ortho intramolecular Hbond substituents is 1. The molecule has 0 atom stereocenters. The zero-order valence-corrected chi connectivity index (χ0v) is 13.8. The van der Waals surface area contributed by atoms with Gasteiger partial charge in [0.25, 0.3) is 0 Å². The lowest BCUT2D eigenvalue weighted by Gasteiger charge is -2.23. The average Bonchev–Trinajstić information content (AvgIpc) is 2.63. The number of amides is 1. The summed E-state index contributed by atoms with van der Waals surface area (Å²) in [6, 6.07) is 26.1. The van der Waals surface area contributed by atoms with Gasteiger partial charge in [0, 0.05) is 16.3 Å². The number of carbonyl (C=O) groups excluding carboxylic acids is 1. The number of aromatic hydroxyl groups is 1. The Balaban J connectivity index is 1.80. The summed E-state index contributed by atoms with van der Waals surface area (Å²) in [6.45, 7) is 0. The summed E-state index contributed by atoms with van der Waals surface area (Å²) in [4.78, 5) is 15.5. The summed E-state index contributed by atoms with van der Waals surface area (Å²) in [5, 5.41) is 9.34. The van der Waals surface area contributed by atoms with Gasteiger partial charge in [0.15, 0.2) is 0 Å². The van der Waals surface area contributed by atoms with Crippen molar-refractivity contribution in [1.82, 2.24) is 0 Å². The largest absolute Gasteiger partial charge is 0.508 e. The number of hydrogen-bond donors (Lipinski definition) is 1. The Hall–Kier alpha value is -2.72. The van der Waals surface area contributed by atoms with Gasteiger partial charge in [0.2, 0.25) is 5.91 Å². The Morgan fingerprint density at radius 2 is 1.29 bits per heavy atom. The molecular formula is C20H17NO2S. The summed E-state index contributed by atoms with van der Waals surface area (Å²) >= 11 is 1.45. The number of carbonyl (C=O) groups is 1. The van der Waals surface area contributed by atoms with Crippen LogP contribution in [0.15, 0.2) is 89.8 Å². The molecule has 0 aliphatic heterocycles. The normalized spacial score (nSPS) is 10.3. The van der Waals surface area contributed by atoms with Gasteiger partial charge in [0.05, 0.1) is 5.75 Å². The van der Waals surface area contributed by atoms with Crippen LogP contribution in [0, 0.1) is 0 Å². The summed E-state index contributed by atoms with van der Waals surface area (Å²) < 4.78 is 0. The molecule has 120 valence electrons. The van der Waals surface area contributed by atoms with Crippen molar-refractivity contribution in [2.45, 2.75) is 4.90 Å². The fraction of sp³-hybridized carbons (Fsp3) is 0.0500. The molecule has 0 aliphatic carbocycles. The second kappa shape index (κ2) is 7.70. The van der Waals surface area contributed by atoms with Gasteiger partial charge in [-0.25, -0.2) is 0 Å². The zero-order valence-electron chi connectivity index (χ0n) is 13.0. The van der Waals surface area contributed by atoms with Crippen molar-refractivity contribution in [3.05, 3.63) is 84.9 Å². The maximum atomic E-state index is 12.8. The van der Waals surface area contributed by atoms with Crippen LogP contribution in [0.2, 0.25) is 0 Å². The Bertz CT molecular complexity index is 749. The van der Waals surface area contributed by atoms with Gasteiger partial charge >= 0.3 is 0 Å².